The maximum atomic E-state index is 6.19. The van der Waals surface area contributed by atoms with Crippen LogP contribution in [0.3, 0.4) is 0 Å². The van der Waals surface area contributed by atoms with Crippen LogP contribution >= 0.6 is 23.2 Å². The van der Waals surface area contributed by atoms with Gasteiger partial charge in [0.15, 0.2) is 0 Å². The SMILES string of the molecule is Clc1cc(Cl)c2c(c1)C(NC1CCCOC1)CCO2. The van der Waals surface area contributed by atoms with Crippen molar-refractivity contribution in [3.63, 3.8) is 0 Å². The predicted molar refractivity (Wildman–Crippen MR) is 76.3 cm³/mol. The number of nitrogens with one attached hydrogen (secondary N) is 1. The Balaban J connectivity index is 1.81. The lowest BCUT2D eigenvalue weighted by atomic mass is 9.98. The highest BCUT2D eigenvalue weighted by Gasteiger charge is 2.27. The van der Waals surface area contributed by atoms with Crippen LogP contribution in [0.15, 0.2) is 12.1 Å². The molecule has 1 aromatic carbocycles. The molecule has 2 unspecified atom stereocenters. The molecule has 3 nitrogen and oxygen atoms in total. The first-order chi connectivity index (χ1) is 9.24. The van der Waals surface area contributed by atoms with Crippen LogP contribution in [-0.2, 0) is 4.74 Å². The zero-order valence-electron chi connectivity index (χ0n) is 10.6. The fraction of sp³-hybridized carbons (Fsp3) is 0.571. The van der Waals surface area contributed by atoms with E-state index in [4.69, 9.17) is 32.7 Å². The van der Waals surface area contributed by atoms with Gasteiger partial charge in [-0.25, -0.2) is 0 Å². The van der Waals surface area contributed by atoms with Crippen LogP contribution in [0.2, 0.25) is 10.0 Å². The van der Waals surface area contributed by atoms with Gasteiger partial charge in [0.05, 0.1) is 18.2 Å². The van der Waals surface area contributed by atoms with Crippen molar-refractivity contribution in [2.45, 2.75) is 31.3 Å². The molecule has 0 saturated carbocycles. The van der Waals surface area contributed by atoms with E-state index in [2.05, 4.69) is 5.32 Å². The monoisotopic (exact) mass is 301 g/mol. The number of ether oxygens (including phenoxy) is 2. The van der Waals surface area contributed by atoms with Crippen LogP contribution < -0.4 is 10.1 Å². The molecule has 0 spiro atoms. The summed E-state index contributed by atoms with van der Waals surface area (Å²) in [5.41, 5.74) is 1.06. The normalized spacial score (nSPS) is 26.6. The van der Waals surface area contributed by atoms with Gasteiger partial charge in [-0.05, 0) is 25.0 Å². The Morgan fingerprint density at radius 1 is 1.16 bits per heavy atom. The van der Waals surface area contributed by atoms with Crippen molar-refractivity contribution < 1.29 is 9.47 Å². The molecule has 2 aliphatic rings. The summed E-state index contributed by atoms with van der Waals surface area (Å²) in [7, 11) is 0. The third-order valence-electron chi connectivity index (χ3n) is 3.66. The van der Waals surface area contributed by atoms with Gasteiger partial charge in [0.2, 0.25) is 0 Å². The summed E-state index contributed by atoms with van der Waals surface area (Å²) in [6.45, 7) is 2.33. The van der Waals surface area contributed by atoms with E-state index < -0.39 is 0 Å². The summed E-state index contributed by atoms with van der Waals surface area (Å²) in [4.78, 5) is 0. The van der Waals surface area contributed by atoms with E-state index in [9.17, 15) is 0 Å². The van der Waals surface area contributed by atoms with E-state index in [1.165, 1.54) is 0 Å². The van der Waals surface area contributed by atoms with E-state index in [1.807, 2.05) is 6.07 Å². The quantitative estimate of drug-likeness (QED) is 0.905. The van der Waals surface area contributed by atoms with E-state index in [-0.39, 0.29) is 6.04 Å². The van der Waals surface area contributed by atoms with Crippen LogP contribution in [0.1, 0.15) is 30.9 Å². The molecule has 2 atom stereocenters. The van der Waals surface area contributed by atoms with Crippen LogP contribution in [0.25, 0.3) is 0 Å². The minimum absolute atomic E-state index is 0.242. The van der Waals surface area contributed by atoms with Crippen molar-refractivity contribution >= 4 is 23.2 Å². The lowest BCUT2D eigenvalue weighted by Gasteiger charge is -2.32. The molecule has 0 bridgehead atoms. The Morgan fingerprint density at radius 2 is 2.05 bits per heavy atom. The third-order valence-corrected chi connectivity index (χ3v) is 4.16. The molecule has 0 radical (unpaired) electrons. The smallest absolute Gasteiger partial charge is 0.142 e. The summed E-state index contributed by atoms with van der Waals surface area (Å²) in [6, 6.07) is 4.33. The third kappa shape index (κ3) is 3.00. The first kappa shape index (κ1) is 13.5. The lowest BCUT2D eigenvalue weighted by molar-refractivity contribution is 0.0637. The molecule has 1 N–H and O–H groups in total. The Morgan fingerprint density at radius 3 is 2.84 bits per heavy atom. The molecule has 19 heavy (non-hydrogen) atoms. The molecule has 0 amide bonds. The number of fused-ring (bicyclic) bond motifs is 1. The summed E-state index contributed by atoms with van der Waals surface area (Å²) in [6.07, 6.45) is 3.20. The van der Waals surface area contributed by atoms with Gasteiger partial charge in [0, 0.05) is 35.7 Å². The minimum atomic E-state index is 0.242. The van der Waals surface area contributed by atoms with Crippen LogP contribution in [0.4, 0.5) is 0 Å². The Labute approximate surface area is 123 Å². The largest absolute Gasteiger partial charge is 0.492 e. The standard InChI is InChI=1S/C14H17Cl2NO2/c15-9-6-11-13(17-10-2-1-4-18-8-10)3-5-19-14(11)12(16)7-9/h6-7,10,13,17H,1-5,8H2. The molecule has 104 valence electrons. The molecule has 2 aliphatic heterocycles. The first-order valence-electron chi connectivity index (χ1n) is 6.69. The molecule has 2 heterocycles. The highest BCUT2D eigenvalue weighted by atomic mass is 35.5. The van der Waals surface area contributed by atoms with Crippen molar-refractivity contribution in [1.29, 1.82) is 0 Å². The minimum Gasteiger partial charge on any atom is -0.492 e. The molecule has 1 saturated heterocycles. The zero-order chi connectivity index (χ0) is 13.2. The Hall–Kier alpha value is -0.480. The average molecular weight is 302 g/mol. The Bertz CT molecular complexity index is 461. The van der Waals surface area contributed by atoms with E-state index >= 15 is 0 Å². The molecule has 0 aliphatic carbocycles. The lowest BCUT2D eigenvalue weighted by Crippen LogP contribution is -2.40. The highest BCUT2D eigenvalue weighted by molar-refractivity contribution is 6.35. The van der Waals surface area contributed by atoms with Crippen molar-refractivity contribution in [3.05, 3.63) is 27.7 Å². The van der Waals surface area contributed by atoms with Gasteiger partial charge in [0.25, 0.3) is 0 Å². The maximum Gasteiger partial charge on any atom is 0.142 e. The highest BCUT2D eigenvalue weighted by Crippen LogP contribution is 2.40. The topological polar surface area (TPSA) is 30.5 Å². The molecular weight excluding hydrogens is 285 g/mol. The molecule has 3 rings (SSSR count). The average Bonchev–Trinajstić information content (AvgIpc) is 2.41. The van der Waals surface area contributed by atoms with Crippen LogP contribution in [-0.4, -0.2) is 25.9 Å². The number of hydrogen-bond donors (Lipinski definition) is 1. The van der Waals surface area contributed by atoms with Crippen molar-refractivity contribution in [3.8, 4) is 5.75 Å². The van der Waals surface area contributed by atoms with Gasteiger partial charge in [-0.2, -0.15) is 0 Å². The van der Waals surface area contributed by atoms with E-state index in [1.54, 1.807) is 6.07 Å². The van der Waals surface area contributed by atoms with E-state index in [0.717, 1.165) is 43.8 Å². The Kier molecular flexibility index (Phi) is 4.18. The van der Waals surface area contributed by atoms with Crippen molar-refractivity contribution in [1.82, 2.24) is 5.32 Å². The molecule has 5 heteroatoms. The first-order valence-corrected chi connectivity index (χ1v) is 7.45. The number of benzene rings is 1. The second kappa shape index (κ2) is 5.88. The number of rotatable bonds is 2. The summed E-state index contributed by atoms with van der Waals surface area (Å²) >= 11 is 12.3. The predicted octanol–water partition coefficient (Wildman–Crippen LogP) is 3.59. The van der Waals surface area contributed by atoms with Crippen LogP contribution in [0.5, 0.6) is 5.75 Å². The molecular formula is C14H17Cl2NO2. The summed E-state index contributed by atoms with van der Waals surface area (Å²) in [5, 5.41) is 4.89. The summed E-state index contributed by atoms with van der Waals surface area (Å²) in [5.74, 6) is 0.770. The van der Waals surface area contributed by atoms with Gasteiger partial charge in [0.1, 0.15) is 5.75 Å². The molecule has 0 aromatic heterocycles. The maximum absolute atomic E-state index is 6.19. The molecule has 1 aromatic rings. The van der Waals surface area contributed by atoms with E-state index in [0.29, 0.717) is 22.7 Å². The van der Waals surface area contributed by atoms with Gasteiger partial charge in [-0.15, -0.1) is 0 Å². The van der Waals surface area contributed by atoms with Gasteiger partial charge in [-0.1, -0.05) is 23.2 Å². The fourth-order valence-electron chi connectivity index (χ4n) is 2.76. The van der Waals surface area contributed by atoms with Gasteiger partial charge in [-0.3, -0.25) is 0 Å². The second-order valence-corrected chi connectivity index (χ2v) is 5.92. The number of halogens is 2. The molecule has 1 fully saturated rings. The summed E-state index contributed by atoms with van der Waals surface area (Å²) < 4.78 is 11.2. The van der Waals surface area contributed by atoms with Gasteiger partial charge >= 0.3 is 0 Å². The van der Waals surface area contributed by atoms with Crippen molar-refractivity contribution in [2.75, 3.05) is 19.8 Å². The van der Waals surface area contributed by atoms with Gasteiger partial charge < -0.3 is 14.8 Å². The fourth-order valence-corrected chi connectivity index (χ4v) is 3.32. The van der Waals surface area contributed by atoms with Crippen LogP contribution in [0, 0.1) is 0 Å². The number of hydrogen-bond acceptors (Lipinski definition) is 3. The van der Waals surface area contributed by atoms with Crippen molar-refractivity contribution in [2.24, 2.45) is 0 Å². The second-order valence-electron chi connectivity index (χ2n) is 5.08. The zero-order valence-corrected chi connectivity index (χ0v) is 12.1.